The van der Waals surface area contributed by atoms with Gasteiger partial charge in [0.2, 0.25) is 5.91 Å². The Morgan fingerprint density at radius 2 is 2.15 bits per heavy atom. The normalized spacial score (nSPS) is 9.31. The van der Waals surface area contributed by atoms with Crippen LogP contribution in [0.25, 0.3) is 0 Å². The van der Waals surface area contributed by atoms with Gasteiger partial charge in [-0.2, -0.15) is 0 Å². The molecule has 0 rings (SSSR count). The molecule has 0 bridgehead atoms. The fraction of sp³-hybridized carbons (Fsp3) is 0.714. The van der Waals surface area contributed by atoms with E-state index in [1.807, 2.05) is 0 Å². The number of carbonyl (C=O) groups is 2. The second-order valence-corrected chi connectivity index (χ2v) is 3.07. The third-order valence-electron chi connectivity index (χ3n) is 1.13. The maximum atomic E-state index is 10.8. The molecule has 2 amide bonds. The van der Waals surface area contributed by atoms with Gasteiger partial charge in [0, 0.05) is 18.3 Å². The molecule has 13 heavy (non-hydrogen) atoms. The Morgan fingerprint density at radius 1 is 1.46 bits per heavy atom. The first kappa shape index (κ1) is 12.2. The predicted octanol–water partition coefficient (Wildman–Crippen LogP) is 0.697. The molecule has 75 valence electrons. The molecule has 0 aliphatic carbocycles. The minimum atomic E-state index is -0.694. The van der Waals surface area contributed by atoms with Gasteiger partial charge in [0.05, 0.1) is 6.61 Å². The van der Waals surface area contributed by atoms with Gasteiger partial charge in [-0.15, -0.1) is 0 Å². The van der Waals surface area contributed by atoms with Gasteiger partial charge in [0.15, 0.2) is 0 Å². The van der Waals surface area contributed by atoms with Crippen LogP contribution in [0.2, 0.25) is 0 Å². The van der Waals surface area contributed by atoms with Crippen molar-refractivity contribution in [3.8, 4) is 0 Å². The second-order valence-electron chi connectivity index (χ2n) is 2.28. The first-order valence-corrected chi connectivity index (χ1v) is 5.00. The number of ether oxygens (including phenoxy) is 1. The van der Waals surface area contributed by atoms with Crippen molar-refractivity contribution in [2.24, 2.45) is 0 Å². The van der Waals surface area contributed by atoms with E-state index in [-0.39, 0.29) is 13.0 Å². The highest BCUT2D eigenvalue weighted by molar-refractivity contribution is 9.09. The standard InChI is InChI=1S/C7H12BrN2O3/c8-3-1-5-13-7(12)10-4-2-6(9)11/h9H,1-5H2,(H,10,12). The number of amides is 2. The maximum absolute atomic E-state index is 10.8. The molecule has 0 spiro atoms. The highest BCUT2D eigenvalue weighted by Crippen LogP contribution is 1.89. The van der Waals surface area contributed by atoms with Crippen LogP contribution < -0.4 is 11.1 Å². The van der Waals surface area contributed by atoms with Crippen LogP contribution in [0.4, 0.5) is 4.79 Å². The van der Waals surface area contributed by atoms with Crippen molar-refractivity contribution in [2.45, 2.75) is 12.8 Å². The van der Waals surface area contributed by atoms with Crippen LogP contribution in [0.5, 0.6) is 0 Å². The van der Waals surface area contributed by atoms with Crippen molar-refractivity contribution in [2.75, 3.05) is 18.5 Å². The number of alkyl halides is 1. The molecule has 0 fully saturated rings. The first-order chi connectivity index (χ1) is 6.16. The van der Waals surface area contributed by atoms with Gasteiger partial charge in [0.1, 0.15) is 0 Å². The van der Waals surface area contributed by atoms with Crippen LogP contribution in [-0.2, 0) is 9.53 Å². The molecule has 0 heterocycles. The minimum Gasteiger partial charge on any atom is -0.450 e. The number of halogens is 1. The minimum absolute atomic E-state index is 0.0214. The zero-order valence-electron chi connectivity index (χ0n) is 7.14. The largest absolute Gasteiger partial charge is 0.450 e. The van der Waals surface area contributed by atoms with Gasteiger partial charge in [-0.1, -0.05) is 15.9 Å². The van der Waals surface area contributed by atoms with E-state index in [0.29, 0.717) is 6.61 Å². The molecule has 2 N–H and O–H groups in total. The van der Waals surface area contributed by atoms with E-state index >= 15 is 0 Å². The summed E-state index contributed by atoms with van der Waals surface area (Å²) in [4.78, 5) is 20.9. The van der Waals surface area contributed by atoms with E-state index in [4.69, 9.17) is 10.5 Å². The van der Waals surface area contributed by atoms with Crippen LogP contribution in [-0.4, -0.2) is 30.5 Å². The lowest BCUT2D eigenvalue weighted by Crippen LogP contribution is -2.27. The van der Waals surface area contributed by atoms with E-state index in [1.165, 1.54) is 0 Å². The number of alkyl carbamates (subject to hydrolysis) is 1. The molecule has 0 aromatic rings. The average Bonchev–Trinajstić information content (AvgIpc) is 2.04. The molecule has 0 atom stereocenters. The number of rotatable bonds is 6. The molecule has 0 aliphatic heterocycles. The summed E-state index contributed by atoms with van der Waals surface area (Å²) < 4.78 is 4.71. The Hall–Kier alpha value is -0.780. The lowest BCUT2D eigenvalue weighted by Gasteiger charge is -2.04. The highest BCUT2D eigenvalue weighted by atomic mass is 79.9. The van der Waals surface area contributed by atoms with Crippen molar-refractivity contribution < 1.29 is 14.3 Å². The Morgan fingerprint density at radius 3 is 2.69 bits per heavy atom. The molecule has 0 aromatic heterocycles. The predicted molar refractivity (Wildman–Crippen MR) is 50.5 cm³/mol. The number of hydrogen-bond donors (Lipinski definition) is 1. The zero-order chi connectivity index (χ0) is 10.1. The van der Waals surface area contributed by atoms with Crippen molar-refractivity contribution in [3.05, 3.63) is 0 Å². The molecule has 0 aliphatic rings. The van der Waals surface area contributed by atoms with Crippen LogP contribution in [0.1, 0.15) is 12.8 Å². The summed E-state index contributed by atoms with van der Waals surface area (Å²) in [7, 11) is 0. The van der Waals surface area contributed by atoms with E-state index in [9.17, 15) is 9.59 Å². The average molecular weight is 252 g/mol. The smallest absolute Gasteiger partial charge is 0.407 e. The van der Waals surface area contributed by atoms with Crippen LogP contribution in [0, 0.1) is 0 Å². The first-order valence-electron chi connectivity index (χ1n) is 3.88. The summed E-state index contributed by atoms with van der Waals surface area (Å²) in [6, 6.07) is 0. The van der Waals surface area contributed by atoms with E-state index < -0.39 is 12.0 Å². The molecule has 0 saturated carbocycles. The molecule has 1 radical (unpaired) electrons. The van der Waals surface area contributed by atoms with Crippen molar-refractivity contribution in [1.29, 1.82) is 0 Å². The van der Waals surface area contributed by atoms with Crippen LogP contribution in [0.15, 0.2) is 0 Å². The van der Waals surface area contributed by atoms with Gasteiger partial charge in [-0.3, -0.25) is 10.5 Å². The molecule has 6 heteroatoms. The number of carbonyl (C=O) groups excluding carboxylic acids is 2. The Bertz CT molecular complexity index is 175. The highest BCUT2D eigenvalue weighted by Gasteiger charge is 2.01. The topological polar surface area (TPSA) is 79.2 Å². The lowest BCUT2D eigenvalue weighted by atomic mass is 10.4. The fourth-order valence-corrected chi connectivity index (χ4v) is 0.777. The second kappa shape index (κ2) is 7.85. The van der Waals surface area contributed by atoms with Gasteiger partial charge in [0.25, 0.3) is 0 Å². The third kappa shape index (κ3) is 9.13. The molecule has 0 unspecified atom stereocenters. The van der Waals surface area contributed by atoms with Crippen molar-refractivity contribution in [3.63, 3.8) is 0 Å². The summed E-state index contributed by atoms with van der Waals surface area (Å²) in [6.45, 7) is 0.515. The SMILES string of the molecule is [NH]C(=O)CCNC(=O)OCCCBr. The Labute approximate surface area is 85.1 Å². The lowest BCUT2D eigenvalue weighted by molar-refractivity contribution is -0.118. The molecule has 0 aromatic carbocycles. The van der Waals surface area contributed by atoms with E-state index in [1.54, 1.807) is 0 Å². The van der Waals surface area contributed by atoms with Crippen LogP contribution in [0.3, 0.4) is 0 Å². The zero-order valence-corrected chi connectivity index (χ0v) is 8.72. The fourth-order valence-electron chi connectivity index (χ4n) is 0.549. The van der Waals surface area contributed by atoms with Gasteiger partial charge < -0.3 is 10.1 Å². The molecular weight excluding hydrogens is 240 g/mol. The Kier molecular flexibility index (Phi) is 7.38. The van der Waals surface area contributed by atoms with Gasteiger partial charge >= 0.3 is 6.09 Å². The molecule has 5 nitrogen and oxygen atoms in total. The quantitative estimate of drug-likeness (QED) is 0.558. The summed E-state index contributed by atoms with van der Waals surface area (Å²) in [5, 5.41) is 3.14. The third-order valence-corrected chi connectivity index (χ3v) is 1.69. The monoisotopic (exact) mass is 251 g/mol. The number of nitrogens with one attached hydrogen (secondary N) is 2. The summed E-state index contributed by atoms with van der Waals surface area (Å²) in [5.41, 5.74) is 6.55. The van der Waals surface area contributed by atoms with Crippen LogP contribution >= 0.6 is 15.9 Å². The van der Waals surface area contributed by atoms with Crippen molar-refractivity contribution in [1.82, 2.24) is 11.1 Å². The molecule has 0 saturated heterocycles. The summed E-state index contributed by atoms with van der Waals surface area (Å²) in [5.74, 6) is -0.694. The van der Waals surface area contributed by atoms with Gasteiger partial charge in [-0.05, 0) is 6.42 Å². The van der Waals surface area contributed by atoms with E-state index in [2.05, 4.69) is 21.2 Å². The summed E-state index contributed by atoms with van der Waals surface area (Å²) >= 11 is 3.19. The Balaban J connectivity index is 3.25. The van der Waals surface area contributed by atoms with Gasteiger partial charge in [-0.25, -0.2) is 4.79 Å². The molecular formula is C7H12BrN2O3. The maximum Gasteiger partial charge on any atom is 0.407 e. The number of hydrogen-bond acceptors (Lipinski definition) is 3. The van der Waals surface area contributed by atoms with E-state index in [0.717, 1.165) is 11.8 Å². The van der Waals surface area contributed by atoms with Crippen molar-refractivity contribution >= 4 is 27.9 Å². The summed E-state index contributed by atoms with van der Waals surface area (Å²) in [6.07, 6.45) is 0.237.